The summed E-state index contributed by atoms with van der Waals surface area (Å²) in [5, 5.41) is 9.75. The van der Waals surface area contributed by atoms with Gasteiger partial charge < -0.3 is 5.73 Å². The zero-order valence-electron chi connectivity index (χ0n) is 12.2. The van der Waals surface area contributed by atoms with Crippen molar-refractivity contribution in [3.05, 3.63) is 70.8 Å². The van der Waals surface area contributed by atoms with Crippen molar-refractivity contribution in [1.82, 2.24) is 4.98 Å². The van der Waals surface area contributed by atoms with E-state index in [0.29, 0.717) is 16.3 Å². The molecule has 0 aliphatic heterocycles. The van der Waals surface area contributed by atoms with Crippen LogP contribution in [0.2, 0.25) is 5.02 Å². The highest BCUT2D eigenvalue weighted by molar-refractivity contribution is 6.33. The first-order chi connectivity index (χ1) is 11.5. The minimum Gasteiger partial charge on any atom is -0.383 e. The van der Waals surface area contributed by atoms with Crippen LogP contribution >= 0.6 is 11.6 Å². The van der Waals surface area contributed by atoms with Gasteiger partial charge >= 0.3 is 0 Å². The SMILES string of the molecule is N#Cc1c(-c2cc(F)ccc2F)cc(-c2ccccc2Cl)nc1N. The molecule has 2 aromatic carbocycles. The molecule has 0 saturated heterocycles. The molecule has 0 bridgehead atoms. The lowest BCUT2D eigenvalue weighted by Crippen LogP contribution is -2.01. The number of rotatable bonds is 2. The Bertz CT molecular complexity index is 980. The summed E-state index contributed by atoms with van der Waals surface area (Å²) in [6.07, 6.45) is 0. The molecule has 3 rings (SSSR count). The summed E-state index contributed by atoms with van der Waals surface area (Å²) in [5.41, 5.74) is 6.89. The van der Waals surface area contributed by atoms with Crippen LogP contribution in [0.5, 0.6) is 0 Å². The molecular weight excluding hydrogens is 332 g/mol. The van der Waals surface area contributed by atoms with E-state index in [0.717, 1.165) is 18.2 Å². The number of nitrogen functional groups attached to an aromatic ring is 1. The molecule has 0 unspecified atom stereocenters. The van der Waals surface area contributed by atoms with Crippen molar-refractivity contribution in [3.63, 3.8) is 0 Å². The highest BCUT2D eigenvalue weighted by Crippen LogP contribution is 2.35. The minimum absolute atomic E-state index is 0.0182. The van der Waals surface area contributed by atoms with E-state index in [-0.39, 0.29) is 22.5 Å². The standard InChI is InChI=1S/C18H10ClF2N3/c19-15-4-2-1-3-11(15)17-8-12(14(9-22)18(23)24-17)13-7-10(20)5-6-16(13)21/h1-8H,(H2,23,24). The van der Waals surface area contributed by atoms with Crippen LogP contribution < -0.4 is 5.73 Å². The summed E-state index contributed by atoms with van der Waals surface area (Å²) < 4.78 is 27.7. The number of nitriles is 1. The van der Waals surface area contributed by atoms with Crippen molar-refractivity contribution < 1.29 is 8.78 Å². The first kappa shape index (κ1) is 15.9. The number of aromatic nitrogens is 1. The Labute approximate surface area is 141 Å². The second kappa shape index (κ2) is 6.26. The number of pyridine rings is 1. The van der Waals surface area contributed by atoms with Gasteiger partial charge in [-0.2, -0.15) is 5.26 Å². The van der Waals surface area contributed by atoms with E-state index in [1.807, 2.05) is 6.07 Å². The van der Waals surface area contributed by atoms with Gasteiger partial charge in [-0.1, -0.05) is 29.8 Å². The molecule has 0 radical (unpaired) electrons. The van der Waals surface area contributed by atoms with Gasteiger partial charge in [0.15, 0.2) is 0 Å². The maximum atomic E-state index is 14.2. The van der Waals surface area contributed by atoms with Gasteiger partial charge in [0.1, 0.15) is 29.1 Å². The number of hydrogen-bond acceptors (Lipinski definition) is 3. The van der Waals surface area contributed by atoms with Gasteiger partial charge in [0.25, 0.3) is 0 Å². The van der Waals surface area contributed by atoms with E-state index in [1.165, 1.54) is 6.07 Å². The van der Waals surface area contributed by atoms with Gasteiger partial charge in [0.2, 0.25) is 0 Å². The largest absolute Gasteiger partial charge is 0.383 e. The highest BCUT2D eigenvalue weighted by atomic mass is 35.5. The van der Waals surface area contributed by atoms with Crippen molar-refractivity contribution in [2.75, 3.05) is 5.73 Å². The normalized spacial score (nSPS) is 10.4. The second-order valence-electron chi connectivity index (χ2n) is 5.03. The number of benzene rings is 2. The summed E-state index contributed by atoms with van der Waals surface area (Å²) in [7, 11) is 0. The van der Waals surface area contributed by atoms with E-state index >= 15 is 0 Å². The molecule has 3 aromatic rings. The summed E-state index contributed by atoms with van der Waals surface area (Å²) in [5.74, 6) is -1.36. The second-order valence-corrected chi connectivity index (χ2v) is 5.44. The highest BCUT2D eigenvalue weighted by Gasteiger charge is 2.17. The number of anilines is 1. The monoisotopic (exact) mass is 341 g/mol. The lowest BCUT2D eigenvalue weighted by Gasteiger charge is -2.12. The van der Waals surface area contributed by atoms with Gasteiger partial charge in [-0.3, -0.25) is 0 Å². The third-order valence-electron chi connectivity index (χ3n) is 3.53. The Morgan fingerprint density at radius 3 is 2.46 bits per heavy atom. The van der Waals surface area contributed by atoms with Crippen molar-refractivity contribution in [1.29, 1.82) is 5.26 Å². The fraction of sp³-hybridized carbons (Fsp3) is 0. The maximum Gasteiger partial charge on any atom is 0.142 e. The molecule has 3 nitrogen and oxygen atoms in total. The Morgan fingerprint density at radius 1 is 1.00 bits per heavy atom. The molecule has 0 aliphatic rings. The average Bonchev–Trinajstić information content (AvgIpc) is 2.57. The molecule has 2 N–H and O–H groups in total. The molecule has 6 heteroatoms. The molecule has 1 heterocycles. The van der Waals surface area contributed by atoms with Crippen molar-refractivity contribution in [3.8, 4) is 28.5 Å². The van der Waals surface area contributed by atoms with Gasteiger partial charge in [-0.05, 0) is 30.3 Å². The molecular formula is C18H10ClF2N3. The number of hydrogen-bond donors (Lipinski definition) is 1. The molecule has 0 saturated carbocycles. The van der Waals surface area contributed by atoms with E-state index < -0.39 is 11.6 Å². The topological polar surface area (TPSA) is 62.7 Å². The molecule has 0 amide bonds. The van der Waals surface area contributed by atoms with Crippen LogP contribution in [0, 0.1) is 23.0 Å². The average molecular weight is 342 g/mol. The van der Waals surface area contributed by atoms with E-state index in [9.17, 15) is 14.0 Å². The zero-order chi connectivity index (χ0) is 17.3. The number of halogens is 3. The van der Waals surface area contributed by atoms with Crippen LogP contribution in [0.4, 0.5) is 14.6 Å². The quantitative estimate of drug-likeness (QED) is 0.728. The third kappa shape index (κ3) is 2.80. The van der Waals surface area contributed by atoms with Gasteiger partial charge in [-0.15, -0.1) is 0 Å². The van der Waals surface area contributed by atoms with Crippen molar-refractivity contribution in [2.45, 2.75) is 0 Å². The number of nitrogens with zero attached hydrogens (tertiary/aromatic N) is 2. The van der Waals surface area contributed by atoms with Gasteiger partial charge in [-0.25, -0.2) is 13.8 Å². The van der Waals surface area contributed by atoms with Crippen LogP contribution in [0.3, 0.4) is 0 Å². The summed E-state index contributed by atoms with van der Waals surface area (Å²) in [4.78, 5) is 4.17. The molecule has 24 heavy (non-hydrogen) atoms. The Hall–Kier alpha value is -2.97. The first-order valence-corrected chi connectivity index (χ1v) is 7.30. The lowest BCUT2D eigenvalue weighted by atomic mass is 9.98. The summed E-state index contributed by atoms with van der Waals surface area (Å²) in [6.45, 7) is 0. The molecule has 0 fully saturated rings. The zero-order valence-corrected chi connectivity index (χ0v) is 13.0. The molecule has 0 spiro atoms. The maximum absolute atomic E-state index is 14.2. The summed E-state index contributed by atoms with van der Waals surface area (Å²) in [6, 6.07) is 13.3. The Balaban J connectivity index is 2.32. The number of nitrogens with two attached hydrogens (primary N) is 1. The van der Waals surface area contributed by atoms with Gasteiger partial charge in [0.05, 0.1) is 5.69 Å². The predicted octanol–water partition coefficient (Wildman–Crippen LogP) is 4.80. The van der Waals surface area contributed by atoms with Crippen LogP contribution in [-0.4, -0.2) is 4.98 Å². The smallest absolute Gasteiger partial charge is 0.142 e. The fourth-order valence-electron chi connectivity index (χ4n) is 2.41. The predicted molar refractivity (Wildman–Crippen MR) is 89.2 cm³/mol. The van der Waals surface area contributed by atoms with Gasteiger partial charge in [0, 0.05) is 21.7 Å². The Kier molecular flexibility index (Phi) is 4.15. The molecule has 1 aromatic heterocycles. The first-order valence-electron chi connectivity index (χ1n) is 6.92. The van der Waals surface area contributed by atoms with Crippen molar-refractivity contribution >= 4 is 17.4 Å². The van der Waals surface area contributed by atoms with Crippen LogP contribution in [0.1, 0.15) is 5.56 Å². The molecule has 0 aliphatic carbocycles. The van der Waals surface area contributed by atoms with Crippen molar-refractivity contribution in [2.24, 2.45) is 0 Å². The summed E-state index contributed by atoms with van der Waals surface area (Å²) >= 11 is 6.16. The molecule has 0 atom stereocenters. The van der Waals surface area contributed by atoms with Crippen LogP contribution in [0.15, 0.2) is 48.5 Å². The van der Waals surface area contributed by atoms with E-state index in [1.54, 1.807) is 24.3 Å². The fourth-order valence-corrected chi connectivity index (χ4v) is 2.64. The third-order valence-corrected chi connectivity index (χ3v) is 3.86. The van der Waals surface area contributed by atoms with Crippen LogP contribution in [-0.2, 0) is 0 Å². The van der Waals surface area contributed by atoms with Crippen LogP contribution in [0.25, 0.3) is 22.4 Å². The van der Waals surface area contributed by atoms with E-state index in [4.69, 9.17) is 17.3 Å². The lowest BCUT2D eigenvalue weighted by molar-refractivity contribution is 0.603. The molecule has 118 valence electrons. The van der Waals surface area contributed by atoms with E-state index in [2.05, 4.69) is 4.98 Å². The minimum atomic E-state index is -0.663. The Morgan fingerprint density at radius 2 is 1.75 bits per heavy atom.